The van der Waals surface area contributed by atoms with Gasteiger partial charge in [-0.05, 0) is 60.6 Å². The molecule has 1 aromatic carbocycles. The third-order valence-corrected chi connectivity index (χ3v) is 3.51. The summed E-state index contributed by atoms with van der Waals surface area (Å²) < 4.78 is 13.7. The van der Waals surface area contributed by atoms with Crippen LogP contribution in [0.2, 0.25) is 0 Å². The average molecular weight is 348 g/mol. The Morgan fingerprint density at radius 2 is 2.24 bits per heavy atom. The van der Waals surface area contributed by atoms with E-state index in [1.54, 1.807) is 13.0 Å². The zero-order valence-electron chi connectivity index (χ0n) is 9.47. The van der Waals surface area contributed by atoms with Crippen LogP contribution in [0.4, 0.5) is 10.1 Å². The lowest BCUT2D eigenvalue weighted by molar-refractivity contribution is -0.121. The first-order chi connectivity index (χ1) is 8.06. The quantitative estimate of drug-likeness (QED) is 0.821. The molecule has 3 nitrogen and oxygen atoms in total. The van der Waals surface area contributed by atoms with E-state index in [2.05, 4.69) is 10.6 Å². The fourth-order valence-corrected chi connectivity index (χ4v) is 2.09. The van der Waals surface area contributed by atoms with E-state index < -0.39 is 0 Å². The number of carbonyl (C=O) groups excluding carboxylic acids is 1. The number of carbonyl (C=O) groups is 1. The number of amides is 1. The highest BCUT2D eigenvalue weighted by Gasteiger charge is 2.25. The molecule has 1 saturated carbocycles. The van der Waals surface area contributed by atoms with Gasteiger partial charge in [0.2, 0.25) is 5.91 Å². The minimum Gasteiger partial charge on any atom is -0.373 e. The zero-order chi connectivity index (χ0) is 12.4. The summed E-state index contributed by atoms with van der Waals surface area (Å²) in [5.41, 5.74) is 0.783. The van der Waals surface area contributed by atoms with Crippen LogP contribution in [0, 0.1) is 9.39 Å². The molecule has 1 amide bonds. The predicted molar refractivity (Wildman–Crippen MR) is 73.4 cm³/mol. The molecule has 1 fully saturated rings. The van der Waals surface area contributed by atoms with Crippen LogP contribution in [-0.4, -0.2) is 18.0 Å². The number of benzene rings is 1. The average Bonchev–Trinajstić information content (AvgIpc) is 3.06. The molecule has 1 aliphatic carbocycles. The van der Waals surface area contributed by atoms with E-state index in [0.717, 1.165) is 22.1 Å². The molecule has 5 heteroatoms. The van der Waals surface area contributed by atoms with Gasteiger partial charge in [0, 0.05) is 15.3 Å². The van der Waals surface area contributed by atoms with Gasteiger partial charge in [0.05, 0.1) is 0 Å². The number of hydrogen-bond acceptors (Lipinski definition) is 2. The summed E-state index contributed by atoms with van der Waals surface area (Å²) >= 11 is 2.05. The van der Waals surface area contributed by atoms with Crippen molar-refractivity contribution in [1.29, 1.82) is 0 Å². The molecule has 1 aromatic rings. The molecule has 17 heavy (non-hydrogen) atoms. The maximum absolute atomic E-state index is 12.9. The lowest BCUT2D eigenvalue weighted by Crippen LogP contribution is -2.38. The minimum absolute atomic E-state index is 0.00683. The highest BCUT2D eigenvalue weighted by Crippen LogP contribution is 2.21. The second kappa shape index (κ2) is 5.20. The summed E-state index contributed by atoms with van der Waals surface area (Å²) in [7, 11) is 0. The topological polar surface area (TPSA) is 41.1 Å². The molecule has 2 N–H and O–H groups in total. The Morgan fingerprint density at radius 1 is 1.53 bits per heavy atom. The predicted octanol–water partition coefficient (Wildman–Crippen LogP) is 2.51. The second-order valence-corrected chi connectivity index (χ2v) is 5.44. The normalized spacial score (nSPS) is 16.4. The van der Waals surface area contributed by atoms with Gasteiger partial charge in [0.15, 0.2) is 0 Å². The van der Waals surface area contributed by atoms with E-state index in [4.69, 9.17) is 0 Å². The van der Waals surface area contributed by atoms with Crippen molar-refractivity contribution in [3.05, 3.63) is 27.6 Å². The molecule has 92 valence electrons. The summed E-state index contributed by atoms with van der Waals surface area (Å²) in [5.74, 6) is -0.275. The molecule has 0 heterocycles. The number of nitrogens with one attached hydrogen (secondary N) is 2. The summed E-state index contributed by atoms with van der Waals surface area (Å²) in [4.78, 5) is 11.7. The van der Waals surface area contributed by atoms with Gasteiger partial charge < -0.3 is 10.6 Å². The van der Waals surface area contributed by atoms with Gasteiger partial charge in [-0.25, -0.2) is 4.39 Å². The van der Waals surface area contributed by atoms with Crippen molar-refractivity contribution in [3.63, 3.8) is 0 Å². The summed E-state index contributed by atoms with van der Waals surface area (Å²) in [6.07, 6.45) is 2.15. The van der Waals surface area contributed by atoms with Crippen LogP contribution in [0.3, 0.4) is 0 Å². The van der Waals surface area contributed by atoms with Gasteiger partial charge in [-0.1, -0.05) is 0 Å². The number of halogens is 2. The Kier molecular flexibility index (Phi) is 3.86. The Bertz CT molecular complexity index is 435. The van der Waals surface area contributed by atoms with E-state index in [1.165, 1.54) is 12.1 Å². The fourth-order valence-electron chi connectivity index (χ4n) is 1.46. The summed E-state index contributed by atoms with van der Waals surface area (Å²) in [6, 6.07) is 4.52. The van der Waals surface area contributed by atoms with Gasteiger partial charge in [0.1, 0.15) is 11.9 Å². The van der Waals surface area contributed by atoms with Crippen molar-refractivity contribution in [2.45, 2.75) is 31.8 Å². The first kappa shape index (κ1) is 12.6. The first-order valence-electron chi connectivity index (χ1n) is 5.58. The molecule has 0 aliphatic heterocycles. The van der Waals surface area contributed by atoms with Crippen LogP contribution in [0.5, 0.6) is 0 Å². The molecule has 2 rings (SSSR count). The van der Waals surface area contributed by atoms with Crippen LogP contribution >= 0.6 is 22.6 Å². The maximum atomic E-state index is 12.9. The molecule has 1 atom stereocenters. The standard InChI is InChI=1S/C12H14FIN2O/c1-7(12(17)16-9-3-4-9)15-11-5-2-8(13)6-10(11)14/h2,5-7,9,15H,3-4H2,1H3,(H,16,17). The van der Waals surface area contributed by atoms with Crippen molar-refractivity contribution in [2.75, 3.05) is 5.32 Å². The SMILES string of the molecule is CC(Nc1ccc(F)cc1I)C(=O)NC1CC1. The van der Waals surface area contributed by atoms with Crippen molar-refractivity contribution in [3.8, 4) is 0 Å². The van der Waals surface area contributed by atoms with E-state index in [-0.39, 0.29) is 17.8 Å². The van der Waals surface area contributed by atoms with Crippen LogP contribution in [-0.2, 0) is 4.79 Å². The maximum Gasteiger partial charge on any atom is 0.242 e. The molecule has 1 unspecified atom stereocenters. The molecule has 0 saturated heterocycles. The molecule has 0 aromatic heterocycles. The fraction of sp³-hybridized carbons (Fsp3) is 0.417. The van der Waals surface area contributed by atoms with Gasteiger partial charge in [-0.2, -0.15) is 0 Å². The number of anilines is 1. The van der Waals surface area contributed by atoms with E-state index in [1.807, 2.05) is 22.6 Å². The van der Waals surface area contributed by atoms with Crippen LogP contribution in [0.15, 0.2) is 18.2 Å². The monoisotopic (exact) mass is 348 g/mol. The zero-order valence-corrected chi connectivity index (χ0v) is 11.6. The summed E-state index contributed by atoms with van der Waals surface area (Å²) in [6.45, 7) is 1.80. The van der Waals surface area contributed by atoms with E-state index >= 15 is 0 Å². The molecular weight excluding hydrogens is 334 g/mol. The summed E-state index contributed by atoms with van der Waals surface area (Å²) in [5, 5.41) is 6.01. The largest absolute Gasteiger partial charge is 0.373 e. The van der Waals surface area contributed by atoms with Crippen molar-refractivity contribution in [2.24, 2.45) is 0 Å². The number of rotatable bonds is 4. The van der Waals surface area contributed by atoms with Gasteiger partial charge in [0.25, 0.3) is 0 Å². The van der Waals surface area contributed by atoms with Crippen molar-refractivity contribution >= 4 is 34.2 Å². The van der Waals surface area contributed by atoms with E-state index in [9.17, 15) is 9.18 Å². The van der Waals surface area contributed by atoms with Crippen LogP contribution in [0.1, 0.15) is 19.8 Å². The molecule has 0 radical (unpaired) electrons. The molecule has 1 aliphatic rings. The van der Waals surface area contributed by atoms with Gasteiger partial charge >= 0.3 is 0 Å². The van der Waals surface area contributed by atoms with Crippen molar-refractivity contribution < 1.29 is 9.18 Å². The Labute approximate surface area is 113 Å². The number of hydrogen-bond donors (Lipinski definition) is 2. The molecule has 0 bridgehead atoms. The second-order valence-electron chi connectivity index (χ2n) is 4.27. The lowest BCUT2D eigenvalue weighted by Gasteiger charge is -2.16. The van der Waals surface area contributed by atoms with Gasteiger partial charge in [-0.3, -0.25) is 4.79 Å². The minimum atomic E-state index is -0.311. The molecule has 0 spiro atoms. The third kappa shape index (κ3) is 3.55. The van der Waals surface area contributed by atoms with Crippen LogP contribution in [0.25, 0.3) is 0 Å². The Hall–Kier alpha value is -0.850. The van der Waals surface area contributed by atoms with E-state index in [0.29, 0.717) is 6.04 Å². The molecular formula is C12H14FIN2O. The Morgan fingerprint density at radius 3 is 2.82 bits per heavy atom. The van der Waals surface area contributed by atoms with Crippen LogP contribution < -0.4 is 10.6 Å². The smallest absolute Gasteiger partial charge is 0.242 e. The highest BCUT2D eigenvalue weighted by molar-refractivity contribution is 14.1. The lowest BCUT2D eigenvalue weighted by atomic mass is 10.2. The van der Waals surface area contributed by atoms with Crippen molar-refractivity contribution in [1.82, 2.24) is 5.32 Å². The first-order valence-corrected chi connectivity index (χ1v) is 6.66. The Balaban J connectivity index is 1.96. The third-order valence-electron chi connectivity index (χ3n) is 2.62. The highest BCUT2D eigenvalue weighted by atomic mass is 127. The van der Waals surface area contributed by atoms with Gasteiger partial charge in [-0.15, -0.1) is 0 Å².